The van der Waals surface area contributed by atoms with E-state index in [1.54, 1.807) is 16.7 Å². The van der Waals surface area contributed by atoms with Crippen LogP contribution in [0.5, 0.6) is 0 Å². The number of rotatable bonds is 4. The van der Waals surface area contributed by atoms with Crippen LogP contribution in [0.1, 0.15) is 38.3 Å². The lowest BCUT2D eigenvalue weighted by atomic mass is 10.1. The number of hydrogen-bond acceptors (Lipinski definition) is 6. The van der Waals surface area contributed by atoms with E-state index in [0.717, 1.165) is 29.8 Å². The third-order valence-electron chi connectivity index (χ3n) is 4.40. The molecule has 0 N–H and O–H groups in total. The number of hydrogen-bond donors (Lipinski definition) is 0. The predicted octanol–water partition coefficient (Wildman–Crippen LogP) is 4.70. The topological polar surface area (TPSA) is 68.5 Å². The molecule has 2 heterocycles. The Kier molecular flexibility index (Phi) is 5.79. The monoisotopic (exact) mass is 389 g/mol. The standard InChI is InChI=1S/C20H27N3O3S/c1-13-6-7-16(14(2)10-13)17-21-22-18(25-17)27-12-15-8-9-23(11-15)19(24)26-20(3,4)5/h6-7,10,15H,8-9,11-12H2,1-5H3/t15-/m1/s1. The van der Waals surface area contributed by atoms with E-state index in [0.29, 0.717) is 23.6 Å². The number of aromatic nitrogens is 2. The summed E-state index contributed by atoms with van der Waals surface area (Å²) < 4.78 is 11.3. The maximum Gasteiger partial charge on any atom is 0.410 e. The summed E-state index contributed by atoms with van der Waals surface area (Å²) >= 11 is 1.55. The Bertz CT molecular complexity index is 813. The van der Waals surface area contributed by atoms with E-state index in [1.165, 1.54) is 5.56 Å². The molecule has 1 fully saturated rings. The van der Waals surface area contributed by atoms with Crippen LogP contribution in [-0.4, -0.2) is 45.6 Å². The summed E-state index contributed by atoms with van der Waals surface area (Å²) in [6, 6.07) is 6.17. The maximum absolute atomic E-state index is 12.2. The van der Waals surface area contributed by atoms with Crippen molar-refractivity contribution in [3.05, 3.63) is 29.3 Å². The number of carbonyl (C=O) groups excluding carboxylic acids is 1. The highest BCUT2D eigenvalue weighted by atomic mass is 32.2. The van der Waals surface area contributed by atoms with E-state index < -0.39 is 5.60 Å². The molecule has 1 amide bonds. The van der Waals surface area contributed by atoms with Gasteiger partial charge in [0.1, 0.15) is 5.60 Å². The van der Waals surface area contributed by atoms with E-state index in [1.807, 2.05) is 39.8 Å². The summed E-state index contributed by atoms with van der Waals surface area (Å²) in [5, 5.41) is 8.91. The van der Waals surface area contributed by atoms with Crippen LogP contribution < -0.4 is 0 Å². The van der Waals surface area contributed by atoms with Gasteiger partial charge in [-0.3, -0.25) is 0 Å². The molecule has 0 unspecified atom stereocenters. The fourth-order valence-electron chi connectivity index (χ4n) is 3.08. The lowest BCUT2D eigenvalue weighted by Crippen LogP contribution is -2.35. The fourth-order valence-corrected chi connectivity index (χ4v) is 3.97. The van der Waals surface area contributed by atoms with Crippen molar-refractivity contribution in [3.8, 4) is 11.5 Å². The van der Waals surface area contributed by atoms with E-state index in [-0.39, 0.29) is 6.09 Å². The van der Waals surface area contributed by atoms with Crippen molar-refractivity contribution in [2.24, 2.45) is 5.92 Å². The van der Waals surface area contributed by atoms with Gasteiger partial charge in [-0.05, 0) is 58.6 Å². The van der Waals surface area contributed by atoms with Gasteiger partial charge in [-0.2, -0.15) is 0 Å². The first-order valence-corrected chi connectivity index (χ1v) is 10.2. The van der Waals surface area contributed by atoms with Crippen LogP contribution in [0.4, 0.5) is 4.79 Å². The smallest absolute Gasteiger partial charge is 0.410 e. The molecule has 0 radical (unpaired) electrons. The Labute approximate surface area is 164 Å². The Balaban J connectivity index is 1.53. The van der Waals surface area contributed by atoms with Crippen molar-refractivity contribution >= 4 is 17.9 Å². The molecule has 1 aliphatic rings. The van der Waals surface area contributed by atoms with E-state index in [4.69, 9.17) is 9.15 Å². The van der Waals surface area contributed by atoms with Gasteiger partial charge in [-0.25, -0.2) is 4.79 Å². The van der Waals surface area contributed by atoms with Crippen LogP contribution in [0, 0.1) is 19.8 Å². The van der Waals surface area contributed by atoms with Crippen molar-refractivity contribution in [2.75, 3.05) is 18.8 Å². The average Bonchev–Trinajstić information content (AvgIpc) is 3.20. The van der Waals surface area contributed by atoms with Crippen molar-refractivity contribution in [3.63, 3.8) is 0 Å². The molecule has 1 aliphatic heterocycles. The summed E-state index contributed by atoms with van der Waals surface area (Å²) in [7, 11) is 0. The summed E-state index contributed by atoms with van der Waals surface area (Å²) in [5.41, 5.74) is 2.84. The van der Waals surface area contributed by atoms with Crippen LogP contribution in [-0.2, 0) is 4.74 Å². The zero-order chi connectivity index (χ0) is 19.6. The SMILES string of the molecule is Cc1ccc(-c2nnc(SC[C@@H]3CCN(C(=O)OC(C)(C)C)C3)o2)c(C)c1. The summed E-state index contributed by atoms with van der Waals surface area (Å²) in [6.45, 7) is 11.2. The second-order valence-corrected chi connectivity index (χ2v) is 9.05. The van der Waals surface area contributed by atoms with Crippen LogP contribution in [0.2, 0.25) is 0 Å². The molecular weight excluding hydrogens is 362 g/mol. The minimum absolute atomic E-state index is 0.232. The first-order chi connectivity index (χ1) is 12.7. The lowest BCUT2D eigenvalue weighted by Gasteiger charge is -2.24. The molecule has 0 spiro atoms. The van der Waals surface area contributed by atoms with Crippen LogP contribution in [0.3, 0.4) is 0 Å². The number of likely N-dealkylation sites (tertiary alicyclic amines) is 1. The maximum atomic E-state index is 12.2. The van der Waals surface area contributed by atoms with Gasteiger partial charge in [0.25, 0.3) is 5.22 Å². The van der Waals surface area contributed by atoms with Crippen LogP contribution in [0.15, 0.2) is 27.8 Å². The lowest BCUT2D eigenvalue weighted by molar-refractivity contribution is 0.0289. The second kappa shape index (κ2) is 7.92. The number of nitrogens with zero attached hydrogens (tertiary/aromatic N) is 3. The highest BCUT2D eigenvalue weighted by Crippen LogP contribution is 2.29. The number of benzene rings is 1. The largest absolute Gasteiger partial charge is 0.444 e. The third kappa shape index (κ3) is 5.25. The summed E-state index contributed by atoms with van der Waals surface area (Å²) in [4.78, 5) is 13.9. The molecular formula is C20H27N3O3S. The van der Waals surface area contributed by atoms with Gasteiger partial charge in [0.2, 0.25) is 5.89 Å². The minimum atomic E-state index is -0.460. The van der Waals surface area contributed by atoms with Crippen LogP contribution in [0.25, 0.3) is 11.5 Å². The van der Waals surface area contributed by atoms with E-state index >= 15 is 0 Å². The first kappa shape index (κ1) is 19.7. The molecule has 1 saturated heterocycles. The van der Waals surface area contributed by atoms with Gasteiger partial charge >= 0.3 is 6.09 Å². The molecule has 1 atom stereocenters. The summed E-state index contributed by atoms with van der Waals surface area (Å²) in [6.07, 6.45) is 0.731. The molecule has 0 saturated carbocycles. The zero-order valence-corrected chi connectivity index (χ0v) is 17.4. The number of carbonyl (C=O) groups is 1. The van der Waals surface area contributed by atoms with E-state index in [9.17, 15) is 4.79 Å². The Morgan fingerprint density at radius 2 is 2.11 bits per heavy atom. The predicted molar refractivity (Wildman–Crippen MR) is 106 cm³/mol. The van der Waals surface area contributed by atoms with Crippen molar-refractivity contribution in [2.45, 2.75) is 51.9 Å². The minimum Gasteiger partial charge on any atom is -0.444 e. The highest BCUT2D eigenvalue weighted by Gasteiger charge is 2.30. The van der Waals surface area contributed by atoms with Gasteiger partial charge in [-0.15, -0.1) is 10.2 Å². The molecule has 7 heteroatoms. The second-order valence-electron chi connectivity index (χ2n) is 8.08. The Morgan fingerprint density at radius 3 is 2.81 bits per heavy atom. The first-order valence-electron chi connectivity index (χ1n) is 9.23. The number of amides is 1. The average molecular weight is 390 g/mol. The number of ether oxygens (including phenoxy) is 1. The van der Waals surface area contributed by atoms with Crippen molar-refractivity contribution in [1.29, 1.82) is 0 Å². The third-order valence-corrected chi connectivity index (χ3v) is 5.45. The van der Waals surface area contributed by atoms with Gasteiger partial charge in [0.15, 0.2) is 0 Å². The van der Waals surface area contributed by atoms with Crippen molar-refractivity contribution in [1.82, 2.24) is 15.1 Å². The molecule has 1 aromatic heterocycles. The molecule has 1 aromatic carbocycles. The highest BCUT2D eigenvalue weighted by molar-refractivity contribution is 7.99. The van der Waals surface area contributed by atoms with E-state index in [2.05, 4.69) is 23.2 Å². The van der Waals surface area contributed by atoms with Crippen LogP contribution >= 0.6 is 11.8 Å². The van der Waals surface area contributed by atoms with Gasteiger partial charge in [-0.1, -0.05) is 29.5 Å². The molecule has 2 aromatic rings. The van der Waals surface area contributed by atoms with Gasteiger partial charge < -0.3 is 14.1 Å². The molecule has 0 aliphatic carbocycles. The molecule has 0 bridgehead atoms. The fraction of sp³-hybridized carbons (Fsp3) is 0.550. The van der Waals surface area contributed by atoms with Gasteiger partial charge in [0.05, 0.1) is 0 Å². The molecule has 27 heavy (non-hydrogen) atoms. The Morgan fingerprint density at radius 1 is 1.33 bits per heavy atom. The molecule has 146 valence electrons. The Hall–Kier alpha value is -2.02. The number of aryl methyl sites for hydroxylation is 2. The number of thioether (sulfide) groups is 1. The molecule has 6 nitrogen and oxygen atoms in total. The molecule has 3 rings (SSSR count). The quantitative estimate of drug-likeness (QED) is 0.706. The van der Waals surface area contributed by atoms with Crippen molar-refractivity contribution < 1.29 is 13.9 Å². The van der Waals surface area contributed by atoms with Gasteiger partial charge in [0, 0.05) is 24.4 Å². The summed E-state index contributed by atoms with van der Waals surface area (Å²) in [5.74, 6) is 1.80. The zero-order valence-electron chi connectivity index (χ0n) is 16.6. The normalized spacial score (nSPS) is 17.4.